The van der Waals surface area contributed by atoms with E-state index < -0.39 is 0 Å². The Morgan fingerprint density at radius 3 is 0.885 bits per heavy atom. The largest absolute Gasteiger partial charge is 0.399 e. The van der Waals surface area contributed by atoms with E-state index in [1.807, 2.05) is 0 Å². The highest BCUT2D eigenvalue weighted by Crippen LogP contribution is 2.22. The summed E-state index contributed by atoms with van der Waals surface area (Å²) in [5, 5.41) is 0. The Kier molecular flexibility index (Phi) is 19.6. The molecule has 0 amide bonds. The molecule has 4 aromatic carbocycles. The quantitative estimate of drug-likeness (QED) is 0.0480. The highest BCUT2D eigenvalue weighted by atomic mass is 14.6. The topological polar surface area (TPSA) is 52.0 Å². The molecule has 0 aliphatic rings. The van der Waals surface area contributed by atoms with Crippen molar-refractivity contribution < 1.29 is 0 Å². The molecule has 0 aliphatic carbocycles. The fourth-order valence-electron chi connectivity index (χ4n) is 7.76. The van der Waals surface area contributed by atoms with Gasteiger partial charge in [-0.3, -0.25) is 0 Å². The minimum Gasteiger partial charge on any atom is -0.399 e. The molecule has 0 heterocycles. The molecule has 0 spiro atoms. The van der Waals surface area contributed by atoms with Crippen molar-refractivity contribution in [2.45, 2.75) is 168 Å². The molecule has 0 bridgehead atoms. The molecule has 2 nitrogen and oxygen atoms in total. The maximum atomic E-state index is 6.15. The van der Waals surface area contributed by atoms with Crippen LogP contribution in [0.2, 0.25) is 0 Å². The first-order valence-electron chi connectivity index (χ1n) is 21.4. The van der Waals surface area contributed by atoms with Crippen molar-refractivity contribution in [2.75, 3.05) is 11.5 Å². The fourth-order valence-corrected chi connectivity index (χ4v) is 7.76. The lowest BCUT2D eigenvalue weighted by atomic mass is 9.98. The summed E-state index contributed by atoms with van der Waals surface area (Å²) in [6.07, 6.45) is 31.2. The van der Waals surface area contributed by atoms with E-state index in [0.29, 0.717) is 0 Å². The van der Waals surface area contributed by atoms with E-state index in [1.165, 1.54) is 160 Å². The summed E-state index contributed by atoms with van der Waals surface area (Å²) in [6.45, 7) is 4.43. The molecule has 0 radical (unpaired) electrons. The van der Waals surface area contributed by atoms with Gasteiger partial charge in [0, 0.05) is 11.4 Å². The van der Waals surface area contributed by atoms with Gasteiger partial charge in [0.25, 0.3) is 0 Å². The third kappa shape index (κ3) is 16.0. The molecule has 0 aromatic heterocycles. The minimum absolute atomic E-state index is 0.932. The molecular formula is C50H72N2. The van der Waals surface area contributed by atoms with Gasteiger partial charge in [-0.1, -0.05) is 189 Å². The SMILES string of the molecule is CCCc1cc(Cc2ccc(CCCCCCCCCCCCCCCCCCc3ccc(Cc4ccc(N)c(CCC)c4)cc3)cc2)ccc1N. The maximum absolute atomic E-state index is 6.15. The van der Waals surface area contributed by atoms with E-state index in [1.54, 1.807) is 0 Å². The van der Waals surface area contributed by atoms with Gasteiger partial charge in [0.2, 0.25) is 0 Å². The number of benzene rings is 4. The Balaban J connectivity index is 0.904. The van der Waals surface area contributed by atoms with Crippen LogP contribution < -0.4 is 11.5 Å². The van der Waals surface area contributed by atoms with Crippen molar-refractivity contribution in [1.82, 2.24) is 0 Å². The number of hydrogen-bond acceptors (Lipinski definition) is 2. The molecule has 2 heteroatoms. The average molecular weight is 701 g/mol. The van der Waals surface area contributed by atoms with Crippen molar-refractivity contribution in [3.8, 4) is 0 Å². The van der Waals surface area contributed by atoms with Gasteiger partial charge >= 0.3 is 0 Å². The van der Waals surface area contributed by atoms with Crippen molar-refractivity contribution in [3.63, 3.8) is 0 Å². The molecule has 4 aromatic rings. The van der Waals surface area contributed by atoms with Gasteiger partial charge in [-0.15, -0.1) is 0 Å². The Labute approximate surface area is 319 Å². The number of unbranched alkanes of at least 4 members (excludes halogenated alkanes) is 15. The van der Waals surface area contributed by atoms with Crippen LogP contribution in [0.15, 0.2) is 84.9 Å². The van der Waals surface area contributed by atoms with Gasteiger partial charge in [-0.25, -0.2) is 0 Å². The molecule has 0 saturated heterocycles. The lowest BCUT2D eigenvalue weighted by Crippen LogP contribution is -1.97. The number of rotatable bonds is 27. The van der Waals surface area contributed by atoms with E-state index >= 15 is 0 Å². The van der Waals surface area contributed by atoms with Crippen LogP contribution in [0.4, 0.5) is 11.4 Å². The van der Waals surface area contributed by atoms with Gasteiger partial charge in [0.1, 0.15) is 0 Å². The van der Waals surface area contributed by atoms with Crippen molar-refractivity contribution in [2.24, 2.45) is 0 Å². The Hall–Kier alpha value is -3.52. The standard InChI is InChI=1S/C50H72N2/c1-3-21-47-39-45(33-35-49(47)51)37-43-29-25-41(26-30-43)23-19-17-15-13-11-9-7-5-6-8-10-12-14-16-18-20-24-42-27-31-44(32-28-42)38-46-34-36-50(52)48(40-46)22-4-2/h25-36,39-40H,3-24,37-38,51-52H2,1-2H3. The first kappa shape index (κ1) is 41.2. The van der Waals surface area contributed by atoms with Crippen molar-refractivity contribution in [3.05, 3.63) is 129 Å². The van der Waals surface area contributed by atoms with Gasteiger partial charge in [0.05, 0.1) is 0 Å². The third-order valence-electron chi connectivity index (χ3n) is 11.0. The molecule has 0 saturated carbocycles. The third-order valence-corrected chi connectivity index (χ3v) is 11.0. The lowest BCUT2D eigenvalue weighted by Gasteiger charge is -2.09. The Morgan fingerprint density at radius 2 is 0.577 bits per heavy atom. The van der Waals surface area contributed by atoms with Gasteiger partial charge in [-0.2, -0.15) is 0 Å². The molecule has 0 fully saturated rings. The second kappa shape index (κ2) is 24.7. The molecule has 0 aliphatic heterocycles. The summed E-state index contributed by atoms with van der Waals surface area (Å²) in [4.78, 5) is 0. The lowest BCUT2D eigenvalue weighted by molar-refractivity contribution is 0.528. The van der Waals surface area contributed by atoms with Crippen LogP contribution in [0.3, 0.4) is 0 Å². The van der Waals surface area contributed by atoms with Crippen LogP contribution >= 0.6 is 0 Å². The first-order valence-corrected chi connectivity index (χ1v) is 21.4. The van der Waals surface area contributed by atoms with Crippen LogP contribution in [-0.4, -0.2) is 0 Å². The van der Waals surface area contributed by atoms with E-state index in [0.717, 1.165) is 49.9 Å². The molecule has 52 heavy (non-hydrogen) atoms. The highest BCUT2D eigenvalue weighted by molar-refractivity contribution is 5.50. The zero-order valence-corrected chi connectivity index (χ0v) is 33.2. The number of nitrogens with two attached hydrogens (primary N) is 2. The number of anilines is 2. The number of aryl methyl sites for hydroxylation is 4. The van der Waals surface area contributed by atoms with Crippen molar-refractivity contribution >= 4 is 11.4 Å². The summed E-state index contributed by atoms with van der Waals surface area (Å²) in [7, 11) is 0. The van der Waals surface area contributed by atoms with E-state index in [4.69, 9.17) is 11.5 Å². The zero-order chi connectivity index (χ0) is 36.6. The van der Waals surface area contributed by atoms with E-state index in [-0.39, 0.29) is 0 Å². The predicted octanol–water partition coefficient (Wildman–Crippen LogP) is 14.0. The van der Waals surface area contributed by atoms with Crippen LogP contribution in [-0.2, 0) is 38.5 Å². The molecule has 4 rings (SSSR count). The van der Waals surface area contributed by atoms with Gasteiger partial charge in [0.15, 0.2) is 0 Å². The summed E-state index contributed by atoms with van der Waals surface area (Å²) in [6, 6.07) is 31.8. The second-order valence-corrected chi connectivity index (χ2v) is 15.7. The smallest absolute Gasteiger partial charge is 0.0346 e. The summed E-state index contributed by atoms with van der Waals surface area (Å²) in [5.74, 6) is 0. The second-order valence-electron chi connectivity index (χ2n) is 15.7. The molecule has 4 N–H and O–H groups in total. The van der Waals surface area contributed by atoms with E-state index in [2.05, 4.69) is 98.8 Å². The van der Waals surface area contributed by atoms with Crippen molar-refractivity contribution in [1.29, 1.82) is 0 Å². The molecule has 0 unspecified atom stereocenters. The molecular weight excluding hydrogens is 629 g/mol. The normalized spacial score (nSPS) is 11.3. The molecule has 282 valence electrons. The Morgan fingerprint density at radius 1 is 0.308 bits per heavy atom. The zero-order valence-electron chi connectivity index (χ0n) is 33.2. The average Bonchev–Trinajstić information content (AvgIpc) is 3.15. The van der Waals surface area contributed by atoms with Gasteiger partial charge in [-0.05, 0) is 108 Å². The first-order chi connectivity index (χ1) is 25.5. The Bertz CT molecular complexity index is 1400. The van der Waals surface area contributed by atoms with Gasteiger partial charge < -0.3 is 11.5 Å². The summed E-state index contributed by atoms with van der Waals surface area (Å²) < 4.78 is 0. The van der Waals surface area contributed by atoms with Crippen LogP contribution in [0.5, 0.6) is 0 Å². The fraction of sp³-hybridized carbons (Fsp3) is 0.520. The van der Waals surface area contributed by atoms with E-state index in [9.17, 15) is 0 Å². The van der Waals surface area contributed by atoms with Crippen LogP contribution in [0.25, 0.3) is 0 Å². The molecule has 0 atom stereocenters. The minimum atomic E-state index is 0.932. The summed E-state index contributed by atoms with van der Waals surface area (Å²) in [5.41, 5.74) is 25.2. The summed E-state index contributed by atoms with van der Waals surface area (Å²) >= 11 is 0. The highest BCUT2D eigenvalue weighted by Gasteiger charge is 2.05. The predicted molar refractivity (Wildman–Crippen MR) is 229 cm³/mol. The van der Waals surface area contributed by atoms with Crippen LogP contribution in [0, 0.1) is 0 Å². The monoisotopic (exact) mass is 701 g/mol. The van der Waals surface area contributed by atoms with Crippen LogP contribution in [0.1, 0.15) is 174 Å². The number of hydrogen-bond donors (Lipinski definition) is 2. The maximum Gasteiger partial charge on any atom is 0.0346 e. The number of nitrogen functional groups attached to an aromatic ring is 2.